The second-order valence-corrected chi connectivity index (χ2v) is 5.70. The van der Waals surface area contributed by atoms with Gasteiger partial charge in [-0.1, -0.05) is 6.07 Å². The van der Waals surface area contributed by atoms with Gasteiger partial charge in [-0.2, -0.15) is 0 Å². The van der Waals surface area contributed by atoms with E-state index in [1.807, 2.05) is 30.1 Å². The zero-order valence-electron chi connectivity index (χ0n) is 13.9. The number of carbonyl (C=O) groups excluding carboxylic acids is 1. The predicted octanol–water partition coefficient (Wildman–Crippen LogP) is 1.93. The molecule has 0 aliphatic rings. The van der Waals surface area contributed by atoms with Gasteiger partial charge in [-0.3, -0.25) is 9.78 Å². The summed E-state index contributed by atoms with van der Waals surface area (Å²) in [5.41, 5.74) is 8.27. The Morgan fingerprint density at radius 2 is 1.96 bits per heavy atom. The average Bonchev–Trinajstić information content (AvgIpc) is 2.61. The molecule has 1 aromatic heterocycles. The first-order valence-corrected chi connectivity index (χ1v) is 7.66. The molecule has 0 atom stereocenters. The lowest BCUT2D eigenvalue weighted by Gasteiger charge is -2.19. The van der Waals surface area contributed by atoms with Gasteiger partial charge in [-0.15, -0.1) is 0 Å². The van der Waals surface area contributed by atoms with Gasteiger partial charge in [-0.25, -0.2) is 9.78 Å². The van der Waals surface area contributed by atoms with Gasteiger partial charge in [0.2, 0.25) is 5.95 Å². The molecular weight excluding hydrogens is 320 g/mol. The molecule has 0 saturated heterocycles. The number of benzene rings is 2. The van der Waals surface area contributed by atoms with Crippen LogP contribution in [0.1, 0.15) is 15.9 Å². The van der Waals surface area contributed by atoms with Gasteiger partial charge in [0.05, 0.1) is 23.6 Å². The fourth-order valence-corrected chi connectivity index (χ4v) is 2.64. The van der Waals surface area contributed by atoms with E-state index in [9.17, 15) is 9.59 Å². The van der Waals surface area contributed by atoms with Crippen molar-refractivity contribution < 1.29 is 9.53 Å². The average molecular weight is 338 g/mol. The number of aromatic amines is 1. The van der Waals surface area contributed by atoms with Gasteiger partial charge in [-0.05, 0) is 42.0 Å². The number of methoxy groups -OCH3 is 1. The minimum absolute atomic E-state index is 0.105. The SMILES string of the molecule is COC(=O)c1ccc(N(C)Cc2ccc3nc(N)[nH]c(=O)c3c2)cc1. The summed E-state index contributed by atoms with van der Waals surface area (Å²) >= 11 is 0. The van der Waals surface area contributed by atoms with Crippen molar-refractivity contribution in [2.24, 2.45) is 0 Å². The molecule has 7 heteroatoms. The van der Waals surface area contributed by atoms with Crippen molar-refractivity contribution in [2.75, 3.05) is 24.8 Å². The van der Waals surface area contributed by atoms with E-state index in [1.54, 1.807) is 24.3 Å². The molecule has 1 heterocycles. The lowest BCUT2D eigenvalue weighted by atomic mass is 10.1. The number of ether oxygens (including phenoxy) is 1. The molecule has 128 valence electrons. The van der Waals surface area contributed by atoms with Crippen LogP contribution in [0.25, 0.3) is 10.9 Å². The predicted molar refractivity (Wildman–Crippen MR) is 96.7 cm³/mol. The Bertz CT molecular complexity index is 980. The molecule has 0 aliphatic heterocycles. The fourth-order valence-electron chi connectivity index (χ4n) is 2.64. The highest BCUT2D eigenvalue weighted by Crippen LogP contribution is 2.18. The lowest BCUT2D eigenvalue weighted by molar-refractivity contribution is 0.0601. The van der Waals surface area contributed by atoms with Gasteiger partial charge >= 0.3 is 5.97 Å². The lowest BCUT2D eigenvalue weighted by Crippen LogP contribution is -2.17. The van der Waals surface area contributed by atoms with E-state index in [1.165, 1.54) is 7.11 Å². The summed E-state index contributed by atoms with van der Waals surface area (Å²) in [7, 11) is 3.29. The number of nitrogen functional groups attached to an aromatic ring is 1. The Labute approximate surface area is 144 Å². The van der Waals surface area contributed by atoms with Crippen molar-refractivity contribution in [3.8, 4) is 0 Å². The van der Waals surface area contributed by atoms with E-state index < -0.39 is 0 Å². The second-order valence-electron chi connectivity index (χ2n) is 5.70. The Hall–Kier alpha value is -3.35. The van der Waals surface area contributed by atoms with E-state index in [4.69, 9.17) is 10.5 Å². The standard InChI is InChI=1S/C18H18N4O3/c1-22(13-6-4-12(5-7-13)17(24)25-2)10-11-3-8-15-14(9-11)16(23)21-18(19)20-15/h3-9H,10H2,1-2H3,(H3,19,20,21,23). The maximum Gasteiger partial charge on any atom is 0.337 e. The minimum Gasteiger partial charge on any atom is -0.465 e. The fraction of sp³-hybridized carbons (Fsp3) is 0.167. The second kappa shape index (κ2) is 6.64. The van der Waals surface area contributed by atoms with Crippen LogP contribution in [-0.2, 0) is 11.3 Å². The van der Waals surface area contributed by atoms with Crippen LogP contribution in [0.3, 0.4) is 0 Å². The molecule has 3 aromatic rings. The Morgan fingerprint density at radius 1 is 1.24 bits per heavy atom. The number of anilines is 2. The molecule has 3 N–H and O–H groups in total. The number of fused-ring (bicyclic) bond motifs is 1. The van der Waals surface area contributed by atoms with Crippen LogP contribution in [-0.4, -0.2) is 30.1 Å². The first-order chi connectivity index (χ1) is 12.0. The molecule has 0 radical (unpaired) electrons. The van der Waals surface area contributed by atoms with Crippen molar-refractivity contribution in [3.63, 3.8) is 0 Å². The first-order valence-electron chi connectivity index (χ1n) is 7.66. The van der Waals surface area contributed by atoms with Gasteiger partial charge in [0, 0.05) is 19.3 Å². The summed E-state index contributed by atoms with van der Waals surface area (Å²) in [5.74, 6) is -0.261. The number of H-pyrrole nitrogens is 1. The molecule has 0 spiro atoms. The number of nitrogens with two attached hydrogens (primary N) is 1. The molecule has 0 aliphatic carbocycles. The van der Waals surface area contributed by atoms with E-state index in [0.29, 0.717) is 23.0 Å². The first kappa shape index (κ1) is 16.5. The summed E-state index contributed by atoms with van der Waals surface area (Å²) in [6.07, 6.45) is 0. The molecule has 3 rings (SSSR count). The van der Waals surface area contributed by atoms with Crippen LogP contribution < -0.4 is 16.2 Å². The highest BCUT2D eigenvalue weighted by atomic mass is 16.5. The van der Waals surface area contributed by atoms with Gasteiger partial charge in [0.25, 0.3) is 5.56 Å². The van der Waals surface area contributed by atoms with Crippen LogP contribution in [0.2, 0.25) is 0 Å². The molecule has 0 bridgehead atoms. The third-order valence-corrected chi connectivity index (χ3v) is 3.94. The zero-order valence-corrected chi connectivity index (χ0v) is 13.9. The molecular formula is C18H18N4O3. The molecule has 0 amide bonds. The maximum atomic E-state index is 12.0. The summed E-state index contributed by atoms with van der Waals surface area (Å²) in [6.45, 7) is 0.595. The van der Waals surface area contributed by atoms with Crippen LogP contribution in [0.15, 0.2) is 47.3 Å². The maximum absolute atomic E-state index is 12.0. The quantitative estimate of drug-likeness (QED) is 0.705. The summed E-state index contributed by atoms with van der Waals surface area (Å²) in [4.78, 5) is 32.1. The van der Waals surface area contributed by atoms with Crippen molar-refractivity contribution in [2.45, 2.75) is 6.54 Å². The zero-order chi connectivity index (χ0) is 18.0. The number of hydrogen-bond acceptors (Lipinski definition) is 6. The summed E-state index contributed by atoms with van der Waals surface area (Å²) in [5, 5.41) is 0.501. The number of aromatic nitrogens is 2. The Morgan fingerprint density at radius 3 is 2.64 bits per heavy atom. The smallest absolute Gasteiger partial charge is 0.337 e. The third-order valence-electron chi connectivity index (χ3n) is 3.94. The third kappa shape index (κ3) is 3.45. The molecule has 0 fully saturated rings. The molecule has 25 heavy (non-hydrogen) atoms. The number of esters is 1. The molecule has 0 unspecified atom stereocenters. The Balaban J connectivity index is 1.83. The van der Waals surface area contributed by atoms with Crippen molar-refractivity contribution in [1.29, 1.82) is 0 Å². The van der Waals surface area contributed by atoms with Gasteiger partial charge in [0.1, 0.15) is 0 Å². The minimum atomic E-state index is -0.366. The number of carbonyl (C=O) groups is 1. The Kier molecular flexibility index (Phi) is 4.38. The van der Waals surface area contributed by atoms with Crippen LogP contribution in [0.5, 0.6) is 0 Å². The van der Waals surface area contributed by atoms with Crippen LogP contribution in [0.4, 0.5) is 11.6 Å². The summed E-state index contributed by atoms with van der Waals surface area (Å²) < 4.78 is 4.69. The number of hydrogen-bond donors (Lipinski definition) is 2. The van der Waals surface area contributed by atoms with Crippen molar-refractivity contribution in [1.82, 2.24) is 9.97 Å². The molecule has 0 saturated carbocycles. The topological polar surface area (TPSA) is 101 Å². The van der Waals surface area contributed by atoms with Crippen molar-refractivity contribution >= 4 is 28.5 Å². The van der Waals surface area contributed by atoms with Gasteiger partial charge < -0.3 is 15.4 Å². The number of nitrogens with one attached hydrogen (secondary N) is 1. The van der Waals surface area contributed by atoms with E-state index in [-0.39, 0.29) is 17.5 Å². The largest absolute Gasteiger partial charge is 0.465 e. The van der Waals surface area contributed by atoms with E-state index >= 15 is 0 Å². The summed E-state index contributed by atoms with van der Waals surface area (Å²) in [6, 6.07) is 12.6. The van der Waals surface area contributed by atoms with Crippen LogP contribution in [0, 0.1) is 0 Å². The number of rotatable bonds is 4. The molecule has 7 nitrogen and oxygen atoms in total. The van der Waals surface area contributed by atoms with E-state index in [2.05, 4.69) is 9.97 Å². The monoisotopic (exact) mass is 338 g/mol. The van der Waals surface area contributed by atoms with Crippen molar-refractivity contribution in [3.05, 3.63) is 63.9 Å². The van der Waals surface area contributed by atoms with Gasteiger partial charge in [0.15, 0.2) is 0 Å². The molecule has 2 aromatic carbocycles. The highest BCUT2D eigenvalue weighted by molar-refractivity contribution is 5.89. The highest BCUT2D eigenvalue weighted by Gasteiger charge is 2.08. The van der Waals surface area contributed by atoms with E-state index in [0.717, 1.165) is 11.3 Å². The normalized spacial score (nSPS) is 10.6. The van der Waals surface area contributed by atoms with Crippen LogP contribution >= 0.6 is 0 Å². The number of nitrogens with zero attached hydrogens (tertiary/aromatic N) is 2.